The van der Waals surface area contributed by atoms with Crippen molar-refractivity contribution in [2.45, 2.75) is 33.4 Å². The third-order valence-electron chi connectivity index (χ3n) is 3.38. The Morgan fingerprint density at radius 2 is 1.76 bits per heavy atom. The van der Waals surface area contributed by atoms with Crippen LogP contribution in [-0.2, 0) is 16.1 Å². The molecule has 2 amide bonds. The molecule has 6 heteroatoms. The predicted octanol–water partition coefficient (Wildman–Crippen LogP) is 3.69. The first kappa shape index (κ1) is 18.8. The molecular weight excluding hydrogens is 340 g/mol. The average Bonchev–Trinajstić information content (AvgIpc) is 2.56. The van der Waals surface area contributed by atoms with E-state index in [1.54, 1.807) is 18.2 Å². The van der Waals surface area contributed by atoms with Crippen molar-refractivity contribution in [3.05, 3.63) is 58.6 Å². The molecule has 0 aromatic heterocycles. The summed E-state index contributed by atoms with van der Waals surface area (Å²) >= 11 is 6.00. The molecule has 0 aliphatic carbocycles. The van der Waals surface area contributed by atoms with Crippen LogP contribution in [0.25, 0.3) is 0 Å². The molecule has 0 heterocycles. The van der Waals surface area contributed by atoms with Crippen LogP contribution < -0.4 is 15.4 Å². The van der Waals surface area contributed by atoms with Gasteiger partial charge in [-0.25, -0.2) is 0 Å². The first-order valence-corrected chi connectivity index (χ1v) is 8.34. The Balaban J connectivity index is 1.86. The van der Waals surface area contributed by atoms with Crippen LogP contribution in [-0.4, -0.2) is 17.9 Å². The molecule has 0 bridgehead atoms. The summed E-state index contributed by atoms with van der Waals surface area (Å²) in [7, 11) is 0. The molecule has 0 spiro atoms. The monoisotopic (exact) mass is 360 g/mol. The van der Waals surface area contributed by atoms with E-state index in [-0.39, 0.29) is 12.6 Å². The van der Waals surface area contributed by atoms with Gasteiger partial charge in [0.25, 0.3) is 0 Å². The summed E-state index contributed by atoms with van der Waals surface area (Å²) in [4.78, 5) is 23.8. The average molecular weight is 361 g/mol. The molecule has 0 atom stereocenters. The predicted molar refractivity (Wildman–Crippen MR) is 98.9 cm³/mol. The van der Waals surface area contributed by atoms with Gasteiger partial charge in [-0.1, -0.05) is 29.8 Å². The second kappa shape index (κ2) is 8.53. The molecule has 2 aromatic rings. The van der Waals surface area contributed by atoms with Gasteiger partial charge in [-0.15, -0.1) is 0 Å². The zero-order valence-corrected chi connectivity index (χ0v) is 15.2. The lowest BCUT2D eigenvalue weighted by atomic mass is 10.2. The third kappa shape index (κ3) is 5.80. The van der Waals surface area contributed by atoms with E-state index in [1.165, 1.54) is 0 Å². The summed E-state index contributed by atoms with van der Waals surface area (Å²) in [5, 5.41) is 5.63. The van der Waals surface area contributed by atoms with Crippen LogP contribution in [0.3, 0.4) is 0 Å². The lowest BCUT2D eigenvalue weighted by Crippen LogP contribution is -2.34. The Morgan fingerprint density at radius 3 is 2.36 bits per heavy atom. The minimum Gasteiger partial charge on any atom is -0.491 e. The van der Waals surface area contributed by atoms with Gasteiger partial charge >= 0.3 is 11.8 Å². The number of carbonyl (C=O) groups excluding carboxylic acids is 2. The molecule has 0 aliphatic heterocycles. The van der Waals surface area contributed by atoms with Gasteiger partial charge < -0.3 is 15.4 Å². The van der Waals surface area contributed by atoms with Crippen molar-refractivity contribution >= 4 is 29.1 Å². The van der Waals surface area contributed by atoms with Crippen molar-refractivity contribution in [3.8, 4) is 5.75 Å². The highest BCUT2D eigenvalue weighted by Gasteiger charge is 2.13. The van der Waals surface area contributed by atoms with E-state index < -0.39 is 11.8 Å². The van der Waals surface area contributed by atoms with Crippen molar-refractivity contribution in [3.63, 3.8) is 0 Å². The smallest absolute Gasteiger partial charge is 0.313 e. The molecule has 2 aromatic carbocycles. The third-order valence-corrected chi connectivity index (χ3v) is 3.79. The number of rotatable bonds is 5. The Morgan fingerprint density at radius 1 is 1.08 bits per heavy atom. The summed E-state index contributed by atoms with van der Waals surface area (Å²) in [6.45, 7) is 6.02. The SMILES string of the molecule is Cc1ccc(NC(=O)C(=O)NCc2ccc(OC(C)C)cc2)cc1Cl. The van der Waals surface area contributed by atoms with Gasteiger partial charge in [0.05, 0.1) is 6.10 Å². The molecule has 0 saturated carbocycles. The highest BCUT2D eigenvalue weighted by molar-refractivity contribution is 6.39. The largest absolute Gasteiger partial charge is 0.491 e. The topological polar surface area (TPSA) is 67.4 Å². The van der Waals surface area contributed by atoms with Crippen molar-refractivity contribution in [2.24, 2.45) is 0 Å². The summed E-state index contributed by atoms with van der Waals surface area (Å²) < 4.78 is 5.56. The van der Waals surface area contributed by atoms with E-state index in [9.17, 15) is 9.59 Å². The quantitative estimate of drug-likeness (QED) is 0.799. The summed E-state index contributed by atoms with van der Waals surface area (Å²) in [5.41, 5.74) is 2.25. The molecule has 0 radical (unpaired) electrons. The molecule has 0 saturated heterocycles. The van der Waals surface area contributed by atoms with Crippen LogP contribution in [0, 0.1) is 6.92 Å². The number of amides is 2. The first-order chi connectivity index (χ1) is 11.8. The van der Waals surface area contributed by atoms with E-state index in [0.29, 0.717) is 10.7 Å². The fraction of sp³-hybridized carbons (Fsp3) is 0.263. The van der Waals surface area contributed by atoms with Crippen LogP contribution in [0.15, 0.2) is 42.5 Å². The Hall–Kier alpha value is -2.53. The summed E-state index contributed by atoms with van der Waals surface area (Å²) in [6, 6.07) is 12.4. The van der Waals surface area contributed by atoms with Crippen LogP contribution in [0.2, 0.25) is 5.02 Å². The lowest BCUT2D eigenvalue weighted by molar-refractivity contribution is -0.136. The highest BCUT2D eigenvalue weighted by atomic mass is 35.5. The van der Waals surface area contributed by atoms with E-state index in [1.807, 2.05) is 45.0 Å². The lowest BCUT2D eigenvalue weighted by Gasteiger charge is -2.10. The molecule has 0 fully saturated rings. The number of halogens is 1. The van der Waals surface area contributed by atoms with Gasteiger partial charge in [0.2, 0.25) is 0 Å². The minimum absolute atomic E-state index is 0.101. The number of ether oxygens (including phenoxy) is 1. The van der Waals surface area contributed by atoms with E-state index in [4.69, 9.17) is 16.3 Å². The van der Waals surface area contributed by atoms with E-state index in [0.717, 1.165) is 16.9 Å². The zero-order valence-electron chi connectivity index (χ0n) is 14.4. The summed E-state index contributed by atoms with van der Waals surface area (Å²) in [5.74, 6) is -0.682. The first-order valence-electron chi connectivity index (χ1n) is 7.96. The van der Waals surface area contributed by atoms with Crippen LogP contribution in [0.4, 0.5) is 5.69 Å². The minimum atomic E-state index is -0.736. The highest BCUT2D eigenvalue weighted by Crippen LogP contribution is 2.19. The van der Waals surface area contributed by atoms with E-state index in [2.05, 4.69) is 10.6 Å². The maximum atomic E-state index is 11.9. The molecule has 132 valence electrons. The fourth-order valence-electron chi connectivity index (χ4n) is 2.08. The van der Waals surface area contributed by atoms with Crippen molar-refractivity contribution in [1.29, 1.82) is 0 Å². The van der Waals surface area contributed by atoms with Crippen LogP contribution in [0.5, 0.6) is 5.75 Å². The van der Waals surface area contributed by atoms with Crippen LogP contribution >= 0.6 is 11.6 Å². The van der Waals surface area contributed by atoms with Gasteiger partial charge in [0, 0.05) is 17.3 Å². The standard InChI is InChI=1S/C19H21ClN2O3/c1-12(2)25-16-8-5-14(6-9-16)11-21-18(23)19(24)22-15-7-4-13(3)17(20)10-15/h4-10,12H,11H2,1-3H3,(H,21,23)(H,22,24). The Kier molecular flexibility index (Phi) is 6.42. The second-order valence-corrected chi connectivity index (χ2v) is 6.32. The molecular formula is C19H21ClN2O3. The number of aryl methyl sites for hydroxylation is 1. The maximum Gasteiger partial charge on any atom is 0.313 e. The number of nitrogens with one attached hydrogen (secondary N) is 2. The van der Waals surface area contributed by atoms with Crippen molar-refractivity contribution < 1.29 is 14.3 Å². The van der Waals surface area contributed by atoms with Crippen molar-refractivity contribution in [1.82, 2.24) is 5.32 Å². The van der Waals surface area contributed by atoms with E-state index >= 15 is 0 Å². The number of hydrogen-bond acceptors (Lipinski definition) is 3. The second-order valence-electron chi connectivity index (χ2n) is 5.91. The fourth-order valence-corrected chi connectivity index (χ4v) is 2.26. The maximum absolute atomic E-state index is 11.9. The molecule has 5 nitrogen and oxygen atoms in total. The van der Waals surface area contributed by atoms with Gasteiger partial charge in [-0.2, -0.15) is 0 Å². The normalized spacial score (nSPS) is 10.4. The van der Waals surface area contributed by atoms with Gasteiger partial charge in [-0.3, -0.25) is 9.59 Å². The van der Waals surface area contributed by atoms with Crippen molar-refractivity contribution in [2.75, 3.05) is 5.32 Å². The van der Waals surface area contributed by atoms with Crippen LogP contribution in [0.1, 0.15) is 25.0 Å². The molecule has 2 rings (SSSR count). The number of hydrogen-bond donors (Lipinski definition) is 2. The molecule has 25 heavy (non-hydrogen) atoms. The number of anilines is 1. The zero-order chi connectivity index (χ0) is 18.4. The molecule has 0 unspecified atom stereocenters. The Bertz CT molecular complexity index is 758. The number of carbonyl (C=O) groups is 2. The summed E-state index contributed by atoms with van der Waals surface area (Å²) in [6.07, 6.45) is 0.101. The molecule has 0 aliphatic rings. The Labute approximate surface area is 152 Å². The number of benzene rings is 2. The van der Waals surface area contributed by atoms with Gasteiger partial charge in [-0.05, 0) is 56.2 Å². The molecule has 2 N–H and O–H groups in total. The van der Waals surface area contributed by atoms with Gasteiger partial charge in [0.15, 0.2) is 0 Å². The van der Waals surface area contributed by atoms with Gasteiger partial charge in [0.1, 0.15) is 5.75 Å².